The van der Waals surface area contributed by atoms with Crippen molar-refractivity contribution < 1.29 is 13.6 Å². The molecule has 0 heterocycles. The fraction of sp³-hybridized carbons (Fsp3) is 0.222. The smallest absolute Gasteiger partial charge is 0.234 e. The first-order valence-corrected chi connectivity index (χ1v) is 4.07. The summed E-state index contributed by atoms with van der Waals surface area (Å²) in [5.41, 5.74) is 2.09. The lowest BCUT2D eigenvalue weighted by atomic mass is 10.1. The first kappa shape index (κ1) is 10.6. The molecule has 0 unspecified atom stereocenters. The Morgan fingerprint density at radius 1 is 1.43 bits per heavy atom. The largest absolute Gasteiger partial charge is 0.294 e. The molecule has 0 fully saturated rings. The highest BCUT2D eigenvalue weighted by Crippen LogP contribution is 2.11. The van der Waals surface area contributed by atoms with E-state index in [0.717, 1.165) is 18.2 Å². The minimum Gasteiger partial charge on any atom is -0.294 e. The van der Waals surface area contributed by atoms with E-state index in [4.69, 9.17) is 5.84 Å². The molecule has 0 aliphatic carbocycles. The zero-order valence-corrected chi connectivity index (χ0v) is 7.39. The van der Waals surface area contributed by atoms with Crippen molar-refractivity contribution in [1.82, 2.24) is 5.43 Å². The average Bonchev–Trinajstić information content (AvgIpc) is 2.19. The Bertz CT molecular complexity index is 342. The zero-order chi connectivity index (χ0) is 10.6. The maximum absolute atomic E-state index is 13.0. The Balaban J connectivity index is 2.66. The van der Waals surface area contributed by atoms with Gasteiger partial charge in [0.2, 0.25) is 5.91 Å². The third-order valence-electron chi connectivity index (χ3n) is 1.79. The maximum atomic E-state index is 13.0. The lowest BCUT2D eigenvalue weighted by Crippen LogP contribution is -2.30. The van der Waals surface area contributed by atoms with Crippen molar-refractivity contribution in [2.45, 2.75) is 12.8 Å². The van der Waals surface area contributed by atoms with Crippen molar-refractivity contribution in [3.63, 3.8) is 0 Å². The van der Waals surface area contributed by atoms with E-state index in [0.29, 0.717) is 0 Å². The predicted molar refractivity (Wildman–Crippen MR) is 47.0 cm³/mol. The predicted octanol–water partition coefficient (Wildman–Crippen LogP) is 0.887. The van der Waals surface area contributed by atoms with Crippen molar-refractivity contribution in [2.24, 2.45) is 5.84 Å². The number of hydrogen-bond donors (Lipinski definition) is 2. The number of nitrogens with two attached hydrogens (primary N) is 1. The van der Waals surface area contributed by atoms with Crippen LogP contribution in [0.2, 0.25) is 0 Å². The summed E-state index contributed by atoms with van der Waals surface area (Å²) < 4.78 is 25.7. The van der Waals surface area contributed by atoms with E-state index in [9.17, 15) is 13.6 Å². The minimum atomic E-state index is -0.519. The summed E-state index contributed by atoms with van der Waals surface area (Å²) in [5, 5.41) is 0. The number of carbonyl (C=O) groups is 1. The van der Waals surface area contributed by atoms with Gasteiger partial charge in [-0.05, 0) is 30.2 Å². The van der Waals surface area contributed by atoms with Gasteiger partial charge in [0.05, 0.1) is 0 Å². The molecule has 0 atom stereocenters. The van der Waals surface area contributed by atoms with Gasteiger partial charge >= 0.3 is 0 Å². The molecule has 0 saturated carbocycles. The fourth-order valence-electron chi connectivity index (χ4n) is 1.06. The van der Waals surface area contributed by atoms with Gasteiger partial charge in [0.1, 0.15) is 11.6 Å². The van der Waals surface area contributed by atoms with Crippen LogP contribution in [-0.2, 0) is 11.2 Å². The normalized spacial score (nSPS) is 9.93. The Morgan fingerprint density at radius 2 is 2.14 bits per heavy atom. The summed E-state index contributed by atoms with van der Waals surface area (Å²) in [6.45, 7) is 0. The molecular weight excluding hydrogens is 190 g/mol. The van der Waals surface area contributed by atoms with Crippen LogP contribution in [0, 0.1) is 11.6 Å². The van der Waals surface area contributed by atoms with E-state index in [1.54, 1.807) is 0 Å². The molecule has 0 saturated heterocycles. The van der Waals surface area contributed by atoms with E-state index >= 15 is 0 Å². The highest BCUT2D eigenvalue weighted by molar-refractivity contribution is 5.75. The summed E-state index contributed by atoms with van der Waals surface area (Å²) >= 11 is 0. The monoisotopic (exact) mass is 200 g/mol. The summed E-state index contributed by atoms with van der Waals surface area (Å²) in [6.07, 6.45) is 0.170. The van der Waals surface area contributed by atoms with Crippen LogP contribution in [-0.4, -0.2) is 5.91 Å². The molecule has 3 N–H and O–H groups in total. The first-order valence-electron chi connectivity index (χ1n) is 4.07. The van der Waals surface area contributed by atoms with Crippen molar-refractivity contribution in [2.75, 3.05) is 0 Å². The molecule has 0 radical (unpaired) electrons. The quantitative estimate of drug-likeness (QED) is 0.432. The number of nitrogens with one attached hydrogen (secondary N) is 1. The average molecular weight is 200 g/mol. The molecule has 0 bridgehead atoms. The van der Waals surface area contributed by atoms with Crippen molar-refractivity contribution in [3.05, 3.63) is 35.4 Å². The minimum absolute atomic E-state index is 0.0386. The van der Waals surface area contributed by atoms with Gasteiger partial charge in [-0.2, -0.15) is 0 Å². The molecule has 0 aliphatic rings. The SMILES string of the molecule is NNC(=O)CCc1cc(F)ccc1F. The second-order valence-electron chi connectivity index (χ2n) is 2.80. The lowest BCUT2D eigenvalue weighted by Gasteiger charge is -2.02. The Morgan fingerprint density at radius 3 is 2.79 bits per heavy atom. The van der Waals surface area contributed by atoms with Gasteiger partial charge in [0.15, 0.2) is 0 Å². The van der Waals surface area contributed by atoms with Crippen LogP contribution < -0.4 is 11.3 Å². The van der Waals surface area contributed by atoms with Gasteiger partial charge in [-0.25, -0.2) is 14.6 Å². The highest BCUT2D eigenvalue weighted by Gasteiger charge is 2.06. The zero-order valence-electron chi connectivity index (χ0n) is 7.39. The van der Waals surface area contributed by atoms with Crippen LogP contribution in [0.3, 0.4) is 0 Å². The van der Waals surface area contributed by atoms with E-state index in [1.165, 1.54) is 0 Å². The standard InChI is InChI=1S/C9H10F2N2O/c10-7-2-3-8(11)6(5-7)1-4-9(14)13-12/h2-3,5H,1,4,12H2,(H,13,14). The number of benzene rings is 1. The maximum Gasteiger partial charge on any atom is 0.234 e. The van der Waals surface area contributed by atoms with Crippen LogP contribution >= 0.6 is 0 Å². The van der Waals surface area contributed by atoms with Crippen LogP contribution in [0.25, 0.3) is 0 Å². The molecule has 14 heavy (non-hydrogen) atoms. The molecular formula is C9H10F2N2O. The molecule has 0 aromatic heterocycles. The Labute approximate surface area is 79.9 Å². The third-order valence-corrected chi connectivity index (χ3v) is 1.79. The van der Waals surface area contributed by atoms with E-state index in [1.807, 2.05) is 5.43 Å². The molecule has 1 rings (SSSR count). The Kier molecular flexibility index (Phi) is 3.53. The second-order valence-corrected chi connectivity index (χ2v) is 2.80. The molecule has 0 aliphatic heterocycles. The molecule has 0 spiro atoms. The van der Waals surface area contributed by atoms with E-state index in [-0.39, 0.29) is 18.4 Å². The van der Waals surface area contributed by atoms with Gasteiger partial charge in [-0.15, -0.1) is 0 Å². The molecule has 76 valence electrons. The number of hydrazine groups is 1. The van der Waals surface area contributed by atoms with Crippen molar-refractivity contribution in [1.29, 1.82) is 0 Å². The number of amides is 1. The topological polar surface area (TPSA) is 55.1 Å². The summed E-state index contributed by atoms with van der Waals surface area (Å²) in [5.74, 6) is 3.39. The molecule has 5 heteroatoms. The van der Waals surface area contributed by atoms with Crippen LogP contribution in [0.1, 0.15) is 12.0 Å². The summed E-state index contributed by atoms with van der Waals surface area (Å²) in [4.78, 5) is 10.7. The van der Waals surface area contributed by atoms with Crippen LogP contribution in [0.4, 0.5) is 8.78 Å². The van der Waals surface area contributed by atoms with Gasteiger partial charge in [-0.1, -0.05) is 0 Å². The highest BCUT2D eigenvalue weighted by atomic mass is 19.1. The molecule has 1 amide bonds. The summed E-state index contributed by atoms with van der Waals surface area (Å²) in [7, 11) is 0. The third kappa shape index (κ3) is 2.77. The van der Waals surface area contributed by atoms with E-state index < -0.39 is 17.5 Å². The van der Waals surface area contributed by atoms with Crippen molar-refractivity contribution >= 4 is 5.91 Å². The van der Waals surface area contributed by atoms with Crippen molar-refractivity contribution in [3.8, 4) is 0 Å². The van der Waals surface area contributed by atoms with Gasteiger partial charge in [0.25, 0.3) is 0 Å². The second kappa shape index (κ2) is 4.66. The van der Waals surface area contributed by atoms with Crippen LogP contribution in [0.5, 0.6) is 0 Å². The van der Waals surface area contributed by atoms with Gasteiger partial charge < -0.3 is 0 Å². The van der Waals surface area contributed by atoms with Crippen LogP contribution in [0.15, 0.2) is 18.2 Å². The first-order chi connectivity index (χ1) is 6.63. The molecule has 1 aromatic carbocycles. The fourth-order valence-corrected chi connectivity index (χ4v) is 1.06. The van der Waals surface area contributed by atoms with Gasteiger partial charge in [-0.3, -0.25) is 10.2 Å². The van der Waals surface area contributed by atoms with Gasteiger partial charge in [0, 0.05) is 6.42 Å². The Hall–Kier alpha value is -1.49. The molecule has 1 aromatic rings. The lowest BCUT2D eigenvalue weighted by molar-refractivity contribution is -0.121. The number of rotatable bonds is 3. The number of carbonyl (C=O) groups excluding carboxylic acids is 1. The van der Waals surface area contributed by atoms with E-state index in [2.05, 4.69) is 0 Å². The number of hydrogen-bond acceptors (Lipinski definition) is 2. The summed E-state index contributed by atoms with van der Waals surface area (Å²) in [6, 6.07) is 3.13. The molecule has 3 nitrogen and oxygen atoms in total. The number of halogens is 2. The number of aryl methyl sites for hydroxylation is 1.